The van der Waals surface area contributed by atoms with Gasteiger partial charge in [-0.25, -0.2) is 4.79 Å². The lowest BCUT2D eigenvalue weighted by Crippen LogP contribution is -2.09. The monoisotopic (exact) mass is 336 g/mol. The number of para-hydroxylation sites is 1. The first kappa shape index (κ1) is 16.8. The van der Waals surface area contributed by atoms with Crippen LogP contribution in [0.25, 0.3) is 10.9 Å². The van der Waals surface area contributed by atoms with Gasteiger partial charge in [0.15, 0.2) is 0 Å². The van der Waals surface area contributed by atoms with E-state index in [2.05, 4.69) is 10.3 Å². The van der Waals surface area contributed by atoms with E-state index in [0.717, 1.165) is 22.3 Å². The first-order valence-electron chi connectivity index (χ1n) is 8.27. The molecule has 1 N–H and O–H groups in total. The van der Waals surface area contributed by atoms with Gasteiger partial charge in [0.2, 0.25) is 0 Å². The van der Waals surface area contributed by atoms with Gasteiger partial charge in [-0.2, -0.15) is 0 Å². The number of carbonyl (C=O) groups is 1. The van der Waals surface area contributed by atoms with Crippen LogP contribution in [0.3, 0.4) is 0 Å². The lowest BCUT2D eigenvalue weighted by Gasteiger charge is -2.14. The number of anilines is 2. The fourth-order valence-electron chi connectivity index (χ4n) is 2.59. The molecule has 5 heteroatoms. The Kier molecular flexibility index (Phi) is 5.14. The summed E-state index contributed by atoms with van der Waals surface area (Å²) in [5.74, 6) is 0.410. The molecule has 5 nitrogen and oxygen atoms in total. The predicted molar refractivity (Wildman–Crippen MR) is 98.6 cm³/mol. The highest BCUT2D eigenvalue weighted by molar-refractivity contribution is 6.05. The summed E-state index contributed by atoms with van der Waals surface area (Å²) < 4.78 is 10.6. The zero-order valence-corrected chi connectivity index (χ0v) is 14.3. The number of hydrogen-bond acceptors (Lipinski definition) is 5. The van der Waals surface area contributed by atoms with E-state index < -0.39 is 5.97 Å². The summed E-state index contributed by atoms with van der Waals surface area (Å²) in [6.45, 7) is 4.66. The van der Waals surface area contributed by atoms with E-state index in [1.165, 1.54) is 0 Å². The molecule has 0 saturated heterocycles. The topological polar surface area (TPSA) is 60.5 Å². The third-order valence-corrected chi connectivity index (χ3v) is 3.71. The van der Waals surface area contributed by atoms with E-state index in [4.69, 9.17) is 9.47 Å². The molecular formula is C20H20N2O3. The fraction of sp³-hybridized carbons (Fsp3) is 0.200. The van der Waals surface area contributed by atoms with Gasteiger partial charge in [0.1, 0.15) is 11.3 Å². The van der Waals surface area contributed by atoms with Gasteiger partial charge in [0.25, 0.3) is 0 Å². The quantitative estimate of drug-likeness (QED) is 0.669. The Bertz CT molecular complexity index is 876. The minimum atomic E-state index is -0.394. The maximum absolute atomic E-state index is 12.3. The molecule has 0 saturated carbocycles. The average molecular weight is 336 g/mol. The molecule has 0 aliphatic rings. The summed E-state index contributed by atoms with van der Waals surface area (Å²) in [5.41, 5.74) is 2.76. The molecule has 0 atom stereocenters. The summed E-state index contributed by atoms with van der Waals surface area (Å²) in [5, 5.41) is 4.19. The van der Waals surface area contributed by atoms with Crippen LogP contribution in [-0.2, 0) is 4.74 Å². The lowest BCUT2D eigenvalue weighted by atomic mass is 10.1. The molecule has 2 aromatic carbocycles. The summed E-state index contributed by atoms with van der Waals surface area (Å²) in [4.78, 5) is 16.7. The molecule has 0 unspecified atom stereocenters. The van der Waals surface area contributed by atoms with Crippen molar-refractivity contribution in [2.75, 3.05) is 18.5 Å². The first-order valence-corrected chi connectivity index (χ1v) is 8.27. The molecule has 0 aliphatic heterocycles. The van der Waals surface area contributed by atoms with Gasteiger partial charge in [0.05, 0.1) is 24.4 Å². The summed E-state index contributed by atoms with van der Waals surface area (Å²) >= 11 is 0. The number of aromatic nitrogens is 1. The molecule has 25 heavy (non-hydrogen) atoms. The van der Waals surface area contributed by atoms with Crippen molar-refractivity contribution >= 4 is 28.2 Å². The van der Waals surface area contributed by atoms with Crippen LogP contribution in [0.4, 0.5) is 11.4 Å². The van der Waals surface area contributed by atoms with Crippen molar-refractivity contribution in [2.24, 2.45) is 0 Å². The zero-order chi connectivity index (χ0) is 17.6. The highest BCUT2D eigenvalue weighted by atomic mass is 16.5. The summed E-state index contributed by atoms with van der Waals surface area (Å²) in [6, 6.07) is 15.3. The van der Waals surface area contributed by atoms with E-state index >= 15 is 0 Å². The molecule has 0 aliphatic carbocycles. The number of carbonyl (C=O) groups excluding carboxylic acids is 1. The van der Waals surface area contributed by atoms with Crippen LogP contribution in [0.15, 0.2) is 54.7 Å². The zero-order valence-electron chi connectivity index (χ0n) is 14.3. The average Bonchev–Trinajstić information content (AvgIpc) is 2.64. The van der Waals surface area contributed by atoms with Gasteiger partial charge < -0.3 is 14.8 Å². The molecule has 0 bridgehead atoms. The Balaban J connectivity index is 2.02. The number of esters is 1. The maximum atomic E-state index is 12.3. The van der Waals surface area contributed by atoms with Crippen molar-refractivity contribution in [3.63, 3.8) is 0 Å². The number of pyridine rings is 1. The highest BCUT2D eigenvalue weighted by Gasteiger charge is 2.16. The van der Waals surface area contributed by atoms with Gasteiger partial charge in [-0.3, -0.25) is 4.98 Å². The second-order valence-corrected chi connectivity index (χ2v) is 5.37. The summed E-state index contributed by atoms with van der Waals surface area (Å²) in [6.07, 6.45) is 1.55. The molecule has 3 rings (SSSR count). The number of benzene rings is 2. The van der Waals surface area contributed by atoms with Crippen molar-refractivity contribution in [2.45, 2.75) is 13.8 Å². The summed E-state index contributed by atoms with van der Waals surface area (Å²) in [7, 11) is 0. The Hall–Kier alpha value is -3.08. The minimum absolute atomic E-state index is 0.314. The van der Waals surface area contributed by atoms with Crippen LogP contribution < -0.4 is 10.1 Å². The molecule has 128 valence electrons. The second-order valence-electron chi connectivity index (χ2n) is 5.37. The van der Waals surface area contributed by atoms with Crippen LogP contribution in [0.5, 0.6) is 5.75 Å². The van der Waals surface area contributed by atoms with Crippen molar-refractivity contribution in [3.05, 3.63) is 60.3 Å². The van der Waals surface area contributed by atoms with E-state index in [0.29, 0.717) is 24.5 Å². The molecule has 0 spiro atoms. The minimum Gasteiger partial charge on any atom is -0.494 e. The number of fused-ring (bicyclic) bond motifs is 1. The van der Waals surface area contributed by atoms with Gasteiger partial charge in [0, 0.05) is 17.3 Å². The van der Waals surface area contributed by atoms with E-state index in [9.17, 15) is 4.79 Å². The molecular weight excluding hydrogens is 316 g/mol. The molecule has 1 aromatic heterocycles. The van der Waals surface area contributed by atoms with Gasteiger partial charge in [-0.15, -0.1) is 0 Å². The largest absolute Gasteiger partial charge is 0.494 e. The molecule has 0 fully saturated rings. The van der Waals surface area contributed by atoms with Crippen LogP contribution in [-0.4, -0.2) is 24.2 Å². The predicted octanol–water partition coefficient (Wildman–Crippen LogP) is 4.55. The molecule has 0 amide bonds. The van der Waals surface area contributed by atoms with Crippen molar-refractivity contribution in [1.29, 1.82) is 0 Å². The van der Waals surface area contributed by atoms with Crippen molar-refractivity contribution in [3.8, 4) is 5.75 Å². The van der Waals surface area contributed by atoms with Crippen LogP contribution in [0.1, 0.15) is 24.2 Å². The number of nitrogens with one attached hydrogen (secondary N) is 1. The first-order chi connectivity index (χ1) is 12.2. The number of nitrogens with zero attached hydrogens (tertiary/aromatic N) is 1. The third kappa shape index (κ3) is 3.71. The smallest absolute Gasteiger partial charge is 0.341 e. The maximum Gasteiger partial charge on any atom is 0.341 e. The Labute approximate surface area is 146 Å². The van der Waals surface area contributed by atoms with E-state index in [1.54, 1.807) is 13.1 Å². The van der Waals surface area contributed by atoms with Crippen LogP contribution in [0, 0.1) is 0 Å². The number of rotatable bonds is 6. The SMILES string of the molecule is CCOC(=O)c1cnc2ccccc2c1Nc1ccc(OCC)cc1. The molecule has 3 aromatic rings. The van der Waals surface area contributed by atoms with Crippen molar-refractivity contribution < 1.29 is 14.3 Å². The number of ether oxygens (including phenoxy) is 2. The second kappa shape index (κ2) is 7.66. The standard InChI is InChI=1S/C20H20N2O3/c1-3-24-15-11-9-14(10-12-15)22-19-16-7-5-6-8-18(16)21-13-17(19)20(23)25-4-2/h5-13H,3-4H2,1-2H3,(H,21,22). The van der Waals surface area contributed by atoms with Crippen LogP contribution in [0.2, 0.25) is 0 Å². The van der Waals surface area contributed by atoms with E-state index in [1.807, 2.05) is 55.5 Å². The van der Waals surface area contributed by atoms with Gasteiger partial charge >= 0.3 is 5.97 Å². The molecule has 1 heterocycles. The Morgan fingerprint density at radius 1 is 1.04 bits per heavy atom. The Morgan fingerprint density at radius 2 is 1.80 bits per heavy atom. The molecule has 0 radical (unpaired) electrons. The fourth-order valence-corrected chi connectivity index (χ4v) is 2.59. The Morgan fingerprint density at radius 3 is 2.52 bits per heavy atom. The third-order valence-electron chi connectivity index (χ3n) is 3.71. The van der Waals surface area contributed by atoms with Crippen molar-refractivity contribution in [1.82, 2.24) is 4.98 Å². The number of hydrogen-bond donors (Lipinski definition) is 1. The lowest BCUT2D eigenvalue weighted by molar-refractivity contribution is 0.0527. The highest BCUT2D eigenvalue weighted by Crippen LogP contribution is 2.30. The normalized spacial score (nSPS) is 10.5. The van der Waals surface area contributed by atoms with Gasteiger partial charge in [-0.05, 0) is 44.2 Å². The van der Waals surface area contributed by atoms with Gasteiger partial charge in [-0.1, -0.05) is 18.2 Å². The van der Waals surface area contributed by atoms with E-state index in [-0.39, 0.29) is 0 Å². The van der Waals surface area contributed by atoms with Crippen LogP contribution >= 0.6 is 0 Å².